The molecule has 0 spiro atoms. The molecule has 4 nitrogen and oxygen atoms in total. The second kappa shape index (κ2) is 8.12. The summed E-state index contributed by atoms with van der Waals surface area (Å²) in [5.41, 5.74) is 0.748. The Balaban J connectivity index is 2.77. The third kappa shape index (κ3) is 4.39. The molecule has 0 aliphatic carbocycles. The molecule has 0 fully saturated rings. The molecule has 4 heteroatoms. The minimum atomic E-state index is -0.618. The molecule has 0 radical (unpaired) electrons. The van der Waals surface area contributed by atoms with Crippen molar-refractivity contribution in [2.75, 3.05) is 20.8 Å². The van der Waals surface area contributed by atoms with E-state index >= 15 is 0 Å². The van der Waals surface area contributed by atoms with Gasteiger partial charge in [0, 0.05) is 18.2 Å². The van der Waals surface area contributed by atoms with Crippen LogP contribution in [0, 0.1) is 5.92 Å². The van der Waals surface area contributed by atoms with Crippen LogP contribution in [0.2, 0.25) is 0 Å². The number of rotatable bonds is 8. The Morgan fingerprint density at radius 2 is 1.90 bits per heavy atom. The molecule has 0 saturated carbocycles. The lowest BCUT2D eigenvalue weighted by Crippen LogP contribution is -2.36. The lowest BCUT2D eigenvalue weighted by atomic mass is 10.0. The Morgan fingerprint density at radius 3 is 2.40 bits per heavy atom. The van der Waals surface area contributed by atoms with Crippen LogP contribution >= 0.6 is 0 Å². The van der Waals surface area contributed by atoms with Crippen LogP contribution in [0.4, 0.5) is 0 Å². The van der Waals surface area contributed by atoms with Crippen molar-refractivity contribution in [3.05, 3.63) is 23.8 Å². The van der Waals surface area contributed by atoms with Crippen molar-refractivity contribution >= 4 is 0 Å². The molecule has 1 rings (SSSR count). The van der Waals surface area contributed by atoms with E-state index in [1.165, 1.54) is 0 Å². The summed E-state index contributed by atoms with van der Waals surface area (Å²) in [6.45, 7) is 7.01. The molecule has 0 aromatic heterocycles. The number of aliphatic hydroxyl groups excluding tert-OH is 1. The minimum absolute atomic E-state index is 0.404. The van der Waals surface area contributed by atoms with Crippen molar-refractivity contribution in [2.45, 2.75) is 39.3 Å². The standard InChI is InChI=1S/C16H27NO3/c1-6-14(11(2)3)17-10-15(18)13-9-12(19-4)7-8-16(13)20-5/h7-9,11,14-15,17-18H,6,10H2,1-5H3. The van der Waals surface area contributed by atoms with E-state index in [2.05, 4.69) is 26.1 Å². The predicted octanol–water partition coefficient (Wildman–Crippen LogP) is 2.76. The summed E-state index contributed by atoms with van der Waals surface area (Å²) < 4.78 is 10.5. The van der Waals surface area contributed by atoms with Crippen LogP contribution in [-0.4, -0.2) is 31.9 Å². The van der Waals surface area contributed by atoms with Gasteiger partial charge in [-0.1, -0.05) is 20.8 Å². The van der Waals surface area contributed by atoms with Gasteiger partial charge in [0.15, 0.2) is 0 Å². The molecule has 2 atom stereocenters. The molecule has 0 bridgehead atoms. The van der Waals surface area contributed by atoms with Gasteiger partial charge < -0.3 is 19.9 Å². The van der Waals surface area contributed by atoms with Gasteiger partial charge in [-0.05, 0) is 30.5 Å². The number of nitrogens with one attached hydrogen (secondary N) is 1. The molecule has 0 heterocycles. The average Bonchev–Trinajstić information content (AvgIpc) is 2.46. The zero-order valence-corrected chi connectivity index (χ0v) is 13.1. The van der Waals surface area contributed by atoms with Gasteiger partial charge in [-0.3, -0.25) is 0 Å². The number of benzene rings is 1. The van der Waals surface area contributed by atoms with Crippen molar-refractivity contribution in [1.82, 2.24) is 5.32 Å². The van der Waals surface area contributed by atoms with E-state index in [1.807, 2.05) is 18.2 Å². The largest absolute Gasteiger partial charge is 0.497 e. The zero-order valence-electron chi connectivity index (χ0n) is 13.1. The molecular formula is C16H27NO3. The van der Waals surface area contributed by atoms with Crippen LogP contribution in [0.5, 0.6) is 11.5 Å². The van der Waals surface area contributed by atoms with Crippen molar-refractivity contribution in [1.29, 1.82) is 0 Å². The average molecular weight is 281 g/mol. The molecule has 2 unspecified atom stereocenters. The number of hydrogen-bond donors (Lipinski definition) is 2. The van der Waals surface area contributed by atoms with Gasteiger partial charge in [0.05, 0.1) is 20.3 Å². The van der Waals surface area contributed by atoms with Gasteiger partial charge in [0.1, 0.15) is 11.5 Å². The summed E-state index contributed by atoms with van der Waals surface area (Å²) in [4.78, 5) is 0. The molecule has 0 aliphatic rings. The van der Waals surface area contributed by atoms with E-state index in [0.29, 0.717) is 24.3 Å². The molecule has 20 heavy (non-hydrogen) atoms. The maximum atomic E-state index is 10.4. The SMILES string of the molecule is CCC(NCC(O)c1cc(OC)ccc1OC)C(C)C. The Morgan fingerprint density at radius 1 is 1.20 bits per heavy atom. The fourth-order valence-electron chi connectivity index (χ4n) is 2.32. The fourth-order valence-corrected chi connectivity index (χ4v) is 2.32. The number of hydrogen-bond acceptors (Lipinski definition) is 4. The first-order valence-electron chi connectivity index (χ1n) is 7.16. The number of ether oxygens (including phenoxy) is 2. The summed E-state index contributed by atoms with van der Waals surface area (Å²) >= 11 is 0. The van der Waals surface area contributed by atoms with Gasteiger partial charge in [-0.2, -0.15) is 0 Å². The Hall–Kier alpha value is -1.26. The summed E-state index contributed by atoms with van der Waals surface area (Å²) in [7, 11) is 3.22. The predicted molar refractivity (Wildman–Crippen MR) is 81.4 cm³/mol. The number of methoxy groups -OCH3 is 2. The highest BCUT2D eigenvalue weighted by molar-refractivity contribution is 5.41. The highest BCUT2D eigenvalue weighted by Crippen LogP contribution is 2.29. The summed E-state index contributed by atoms with van der Waals surface area (Å²) in [5.74, 6) is 1.94. The third-order valence-corrected chi connectivity index (χ3v) is 3.61. The van der Waals surface area contributed by atoms with Gasteiger partial charge in [-0.15, -0.1) is 0 Å². The van der Waals surface area contributed by atoms with Crippen LogP contribution in [-0.2, 0) is 0 Å². The highest BCUT2D eigenvalue weighted by atomic mass is 16.5. The Labute approximate surface area is 122 Å². The molecule has 0 saturated heterocycles. The molecule has 1 aromatic rings. The molecular weight excluding hydrogens is 254 g/mol. The van der Waals surface area contributed by atoms with E-state index in [4.69, 9.17) is 9.47 Å². The zero-order chi connectivity index (χ0) is 15.1. The van der Waals surface area contributed by atoms with Crippen LogP contribution in [0.3, 0.4) is 0 Å². The Kier molecular flexibility index (Phi) is 6.82. The summed E-state index contributed by atoms with van der Waals surface area (Å²) in [6, 6.07) is 5.87. The molecule has 0 amide bonds. The molecule has 114 valence electrons. The first-order valence-corrected chi connectivity index (χ1v) is 7.16. The van der Waals surface area contributed by atoms with Crippen LogP contribution in [0.25, 0.3) is 0 Å². The maximum Gasteiger partial charge on any atom is 0.124 e. The van der Waals surface area contributed by atoms with E-state index in [9.17, 15) is 5.11 Å². The van der Waals surface area contributed by atoms with E-state index in [-0.39, 0.29) is 0 Å². The van der Waals surface area contributed by atoms with Gasteiger partial charge in [0.2, 0.25) is 0 Å². The summed E-state index contributed by atoms with van der Waals surface area (Å²) in [6.07, 6.45) is 0.424. The van der Waals surface area contributed by atoms with Crippen molar-refractivity contribution in [3.8, 4) is 11.5 Å². The van der Waals surface area contributed by atoms with Crippen LogP contribution in [0.1, 0.15) is 38.9 Å². The quantitative estimate of drug-likeness (QED) is 0.769. The first kappa shape index (κ1) is 16.8. The maximum absolute atomic E-state index is 10.4. The van der Waals surface area contributed by atoms with Crippen molar-refractivity contribution in [3.63, 3.8) is 0 Å². The van der Waals surface area contributed by atoms with E-state index in [0.717, 1.165) is 17.7 Å². The Bertz CT molecular complexity index is 407. The normalized spacial score (nSPS) is 14.2. The van der Waals surface area contributed by atoms with Crippen molar-refractivity contribution in [2.24, 2.45) is 5.92 Å². The lowest BCUT2D eigenvalue weighted by molar-refractivity contribution is 0.160. The molecule has 0 aliphatic heterocycles. The van der Waals surface area contributed by atoms with Crippen molar-refractivity contribution < 1.29 is 14.6 Å². The minimum Gasteiger partial charge on any atom is -0.497 e. The number of aliphatic hydroxyl groups is 1. The fraction of sp³-hybridized carbons (Fsp3) is 0.625. The second-order valence-corrected chi connectivity index (χ2v) is 5.29. The van der Waals surface area contributed by atoms with E-state index < -0.39 is 6.10 Å². The molecule has 2 N–H and O–H groups in total. The van der Waals surface area contributed by atoms with Gasteiger partial charge in [0.25, 0.3) is 0 Å². The highest BCUT2D eigenvalue weighted by Gasteiger charge is 2.17. The smallest absolute Gasteiger partial charge is 0.124 e. The first-order chi connectivity index (χ1) is 9.53. The van der Waals surface area contributed by atoms with Crippen LogP contribution < -0.4 is 14.8 Å². The molecule has 1 aromatic carbocycles. The summed E-state index contributed by atoms with van der Waals surface area (Å²) in [5, 5.41) is 13.8. The van der Waals surface area contributed by atoms with Crippen LogP contribution in [0.15, 0.2) is 18.2 Å². The van der Waals surface area contributed by atoms with Gasteiger partial charge in [-0.25, -0.2) is 0 Å². The van der Waals surface area contributed by atoms with Gasteiger partial charge >= 0.3 is 0 Å². The van der Waals surface area contributed by atoms with E-state index in [1.54, 1.807) is 14.2 Å². The third-order valence-electron chi connectivity index (χ3n) is 3.61. The second-order valence-electron chi connectivity index (χ2n) is 5.29. The lowest BCUT2D eigenvalue weighted by Gasteiger charge is -2.23. The monoisotopic (exact) mass is 281 g/mol. The topological polar surface area (TPSA) is 50.7 Å².